The van der Waals surface area contributed by atoms with Gasteiger partial charge in [-0.1, -0.05) is 12.1 Å². The Morgan fingerprint density at radius 3 is 2.85 bits per heavy atom. The summed E-state index contributed by atoms with van der Waals surface area (Å²) in [6.07, 6.45) is 3.94. The molecule has 1 spiro atoms. The van der Waals surface area contributed by atoms with Gasteiger partial charge in [-0.2, -0.15) is 5.10 Å². The minimum Gasteiger partial charge on any atom is -0.493 e. The van der Waals surface area contributed by atoms with Gasteiger partial charge < -0.3 is 18.6 Å². The smallest absolute Gasteiger partial charge is 0.203 e. The van der Waals surface area contributed by atoms with Gasteiger partial charge in [0.05, 0.1) is 31.6 Å². The van der Waals surface area contributed by atoms with Crippen molar-refractivity contribution < 1.29 is 18.6 Å². The first-order valence-corrected chi connectivity index (χ1v) is 9.42. The fourth-order valence-corrected chi connectivity index (χ4v) is 4.60. The maximum Gasteiger partial charge on any atom is 0.203 e. The molecule has 1 fully saturated rings. The average Bonchev–Trinajstić information content (AvgIpc) is 3.30. The zero-order valence-corrected chi connectivity index (χ0v) is 15.9. The number of rotatable bonds is 2. The van der Waals surface area contributed by atoms with Gasteiger partial charge in [0.15, 0.2) is 11.5 Å². The summed E-state index contributed by atoms with van der Waals surface area (Å²) < 4.78 is 23.9. The van der Waals surface area contributed by atoms with Crippen molar-refractivity contribution in [2.24, 2.45) is 5.10 Å². The van der Waals surface area contributed by atoms with Gasteiger partial charge in [-0.25, -0.2) is 5.01 Å². The summed E-state index contributed by atoms with van der Waals surface area (Å²) in [6, 6.07) is 10.0. The van der Waals surface area contributed by atoms with E-state index in [0.29, 0.717) is 6.61 Å². The number of para-hydroxylation sites is 1. The molecule has 0 N–H and O–H groups in total. The van der Waals surface area contributed by atoms with Gasteiger partial charge in [-0.3, -0.25) is 0 Å². The second kappa shape index (κ2) is 5.76. The Balaban J connectivity index is 1.65. The van der Waals surface area contributed by atoms with E-state index >= 15 is 0 Å². The summed E-state index contributed by atoms with van der Waals surface area (Å²) >= 11 is 0. The predicted octanol–water partition coefficient (Wildman–Crippen LogP) is 4.12. The van der Waals surface area contributed by atoms with Gasteiger partial charge in [0, 0.05) is 24.8 Å². The fourth-order valence-electron chi connectivity index (χ4n) is 4.60. The van der Waals surface area contributed by atoms with E-state index in [2.05, 4.69) is 24.9 Å². The van der Waals surface area contributed by atoms with Crippen LogP contribution in [0, 0.1) is 0 Å². The maximum absolute atomic E-state index is 6.68. The summed E-state index contributed by atoms with van der Waals surface area (Å²) in [5.74, 6) is 2.41. The third-order valence-electron chi connectivity index (χ3n) is 5.70. The summed E-state index contributed by atoms with van der Waals surface area (Å²) in [6.45, 7) is 4.85. The van der Waals surface area contributed by atoms with E-state index < -0.39 is 5.72 Å². The molecule has 0 radical (unpaired) electrons. The third-order valence-corrected chi connectivity index (χ3v) is 5.70. The van der Waals surface area contributed by atoms with Crippen LogP contribution in [0.25, 0.3) is 0 Å². The van der Waals surface area contributed by atoms with Gasteiger partial charge in [-0.15, -0.1) is 0 Å². The first-order chi connectivity index (χ1) is 13.0. The van der Waals surface area contributed by atoms with E-state index in [1.807, 2.05) is 24.3 Å². The van der Waals surface area contributed by atoms with E-state index in [-0.39, 0.29) is 11.6 Å². The summed E-state index contributed by atoms with van der Waals surface area (Å²) in [4.78, 5) is 0. The zero-order chi connectivity index (χ0) is 18.6. The number of fused-ring (bicyclic) bond motifs is 4. The van der Waals surface area contributed by atoms with Gasteiger partial charge in [0.1, 0.15) is 11.5 Å². The SMILES string of the molecule is COc1cccc2c1O[C@]1(CCOC(C)(C)C1)N1N=C(c3ccco3)C[C@@H]21. The first-order valence-electron chi connectivity index (χ1n) is 9.42. The molecule has 142 valence electrons. The minimum atomic E-state index is -0.553. The van der Waals surface area contributed by atoms with Gasteiger partial charge >= 0.3 is 0 Å². The van der Waals surface area contributed by atoms with Crippen LogP contribution in [0.3, 0.4) is 0 Å². The van der Waals surface area contributed by atoms with Crippen molar-refractivity contribution in [3.8, 4) is 11.5 Å². The van der Waals surface area contributed by atoms with Crippen molar-refractivity contribution in [1.82, 2.24) is 5.01 Å². The number of nitrogens with zero attached hydrogens (tertiary/aromatic N) is 2. The standard InChI is InChI=1S/C21H24N2O4/c1-20(2)13-21(9-11-26-20)23-16(12-15(22-23)17-8-5-10-25-17)14-6-4-7-18(24-3)19(14)27-21/h4-8,10,16H,9,11-13H2,1-3H3/t16-,21-/m0/s1. The molecule has 0 saturated carbocycles. The van der Waals surface area contributed by atoms with Crippen LogP contribution in [0.15, 0.2) is 46.1 Å². The molecular formula is C21H24N2O4. The number of furan rings is 1. The molecule has 1 aromatic carbocycles. The topological polar surface area (TPSA) is 56.4 Å². The van der Waals surface area contributed by atoms with Crippen molar-refractivity contribution in [2.75, 3.05) is 13.7 Å². The zero-order valence-electron chi connectivity index (χ0n) is 15.9. The Morgan fingerprint density at radius 1 is 1.22 bits per heavy atom. The van der Waals surface area contributed by atoms with Crippen LogP contribution in [-0.4, -0.2) is 35.8 Å². The molecule has 3 aliphatic rings. The quantitative estimate of drug-likeness (QED) is 0.798. The third kappa shape index (κ3) is 2.54. The van der Waals surface area contributed by atoms with E-state index in [4.69, 9.17) is 23.7 Å². The van der Waals surface area contributed by atoms with Crippen molar-refractivity contribution in [3.05, 3.63) is 47.9 Å². The molecule has 0 amide bonds. The molecule has 5 rings (SSSR count). The molecule has 6 nitrogen and oxygen atoms in total. The lowest BCUT2D eigenvalue weighted by atomic mass is 9.86. The number of hydrazone groups is 1. The minimum absolute atomic E-state index is 0.0952. The number of ether oxygens (including phenoxy) is 3. The van der Waals surface area contributed by atoms with Crippen LogP contribution in [0.5, 0.6) is 11.5 Å². The van der Waals surface area contributed by atoms with Crippen LogP contribution in [-0.2, 0) is 4.74 Å². The Labute approximate surface area is 158 Å². The highest BCUT2D eigenvalue weighted by atomic mass is 16.6. The second-order valence-electron chi connectivity index (χ2n) is 8.05. The summed E-state index contributed by atoms with van der Waals surface area (Å²) in [7, 11) is 1.69. The molecule has 3 aliphatic heterocycles. The average molecular weight is 368 g/mol. The Kier molecular flexibility index (Phi) is 3.56. The molecule has 6 heteroatoms. The molecule has 2 aromatic rings. The maximum atomic E-state index is 6.68. The highest BCUT2D eigenvalue weighted by Gasteiger charge is 2.55. The lowest BCUT2D eigenvalue weighted by Gasteiger charge is -2.52. The van der Waals surface area contributed by atoms with Crippen molar-refractivity contribution in [3.63, 3.8) is 0 Å². The molecule has 0 bridgehead atoms. The van der Waals surface area contributed by atoms with E-state index in [0.717, 1.165) is 47.8 Å². The molecule has 1 saturated heterocycles. The van der Waals surface area contributed by atoms with E-state index in [9.17, 15) is 0 Å². The van der Waals surface area contributed by atoms with E-state index in [1.165, 1.54) is 0 Å². The van der Waals surface area contributed by atoms with E-state index in [1.54, 1.807) is 13.4 Å². The highest BCUT2D eigenvalue weighted by Crippen LogP contribution is 2.54. The molecule has 0 unspecified atom stereocenters. The van der Waals surface area contributed by atoms with Crippen LogP contribution >= 0.6 is 0 Å². The van der Waals surface area contributed by atoms with Crippen LogP contribution in [0.1, 0.15) is 50.5 Å². The molecule has 1 aromatic heterocycles. The van der Waals surface area contributed by atoms with Crippen molar-refractivity contribution in [1.29, 1.82) is 0 Å². The number of hydrogen-bond donors (Lipinski definition) is 0. The van der Waals surface area contributed by atoms with Gasteiger partial charge in [0.25, 0.3) is 0 Å². The van der Waals surface area contributed by atoms with Crippen molar-refractivity contribution in [2.45, 2.75) is 50.5 Å². The highest BCUT2D eigenvalue weighted by molar-refractivity contribution is 5.99. The predicted molar refractivity (Wildman–Crippen MR) is 100 cm³/mol. The van der Waals surface area contributed by atoms with Crippen LogP contribution in [0.2, 0.25) is 0 Å². The second-order valence-corrected chi connectivity index (χ2v) is 8.05. The Bertz CT molecular complexity index is 890. The number of methoxy groups -OCH3 is 1. The largest absolute Gasteiger partial charge is 0.493 e. The summed E-state index contributed by atoms with van der Waals surface area (Å²) in [5, 5.41) is 7.13. The normalized spacial score (nSPS) is 28.3. The Hall–Kier alpha value is -2.47. The number of benzene rings is 1. The molecule has 0 aliphatic carbocycles. The molecule has 4 heterocycles. The van der Waals surface area contributed by atoms with Crippen molar-refractivity contribution >= 4 is 5.71 Å². The molecular weight excluding hydrogens is 344 g/mol. The lowest BCUT2D eigenvalue weighted by Crippen LogP contribution is -2.60. The first kappa shape index (κ1) is 16.7. The summed E-state index contributed by atoms with van der Waals surface area (Å²) in [5.41, 5.74) is 1.22. The Morgan fingerprint density at radius 2 is 2.11 bits per heavy atom. The van der Waals surface area contributed by atoms with Gasteiger partial charge in [-0.05, 0) is 32.0 Å². The fraction of sp³-hybridized carbons (Fsp3) is 0.476. The monoisotopic (exact) mass is 368 g/mol. The number of hydrogen-bond acceptors (Lipinski definition) is 6. The van der Waals surface area contributed by atoms with Crippen LogP contribution in [0.4, 0.5) is 0 Å². The molecule has 27 heavy (non-hydrogen) atoms. The van der Waals surface area contributed by atoms with Crippen LogP contribution < -0.4 is 9.47 Å². The lowest BCUT2D eigenvalue weighted by molar-refractivity contribution is -0.212. The molecule has 2 atom stereocenters. The van der Waals surface area contributed by atoms with Gasteiger partial charge in [0.2, 0.25) is 5.72 Å².